The van der Waals surface area contributed by atoms with Crippen LogP contribution >= 0.6 is 11.6 Å². The first kappa shape index (κ1) is 22.9. The predicted octanol–water partition coefficient (Wildman–Crippen LogP) is 5.18. The zero-order chi connectivity index (χ0) is 23.2. The van der Waals surface area contributed by atoms with Gasteiger partial charge in [-0.3, -0.25) is 9.59 Å². The number of ether oxygens (including phenoxy) is 1. The molecule has 0 aromatic heterocycles. The SMILES string of the molecule is COc1ccccc1-c1ccc(C(=O)N2CCC(C(=O)NCc3cccc(Cl)c3)CC2)cc1. The normalized spacial score (nSPS) is 14.1. The molecule has 4 rings (SSSR count). The molecular weight excluding hydrogens is 436 g/mol. The van der Waals surface area contributed by atoms with Crippen LogP contribution in [0, 0.1) is 5.92 Å². The number of halogens is 1. The molecule has 1 fully saturated rings. The first-order chi connectivity index (χ1) is 16.0. The summed E-state index contributed by atoms with van der Waals surface area (Å²) in [5.74, 6) is 0.746. The van der Waals surface area contributed by atoms with E-state index in [1.54, 1.807) is 7.11 Å². The Morgan fingerprint density at radius 3 is 2.42 bits per heavy atom. The summed E-state index contributed by atoms with van der Waals surface area (Å²) in [5, 5.41) is 3.65. The lowest BCUT2D eigenvalue weighted by molar-refractivity contribution is -0.126. The molecular formula is C27H27ClN2O3. The first-order valence-corrected chi connectivity index (χ1v) is 11.5. The molecule has 170 valence electrons. The van der Waals surface area contributed by atoms with E-state index in [1.807, 2.05) is 77.7 Å². The number of nitrogens with one attached hydrogen (secondary N) is 1. The fourth-order valence-electron chi connectivity index (χ4n) is 4.18. The molecule has 33 heavy (non-hydrogen) atoms. The lowest BCUT2D eigenvalue weighted by Gasteiger charge is -2.31. The molecule has 6 heteroatoms. The molecule has 1 N–H and O–H groups in total. The molecule has 1 saturated heterocycles. The average molecular weight is 463 g/mol. The lowest BCUT2D eigenvalue weighted by atomic mass is 9.95. The number of carbonyl (C=O) groups excluding carboxylic acids is 2. The average Bonchev–Trinajstić information content (AvgIpc) is 2.87. The number of amides is 2. The standard InChI is InChI=1S/C27H27ClN2O3/c1-33-25-8-3-2-7-24(25)20-9-11-22(12-10-20)27(32)30-15-13-21(14-16-30)26(31)29-18-19-5-4-6-23(28)17-19/h2-12,17,21H,13-16,18H2,1H3,(H,29,31). The van der Waals surface area contributed by atoms with Gasteiger partial charge in [-0.1, -0.05) is 54.1 Å². The quantitative estimate of drug-likeness (QED) is 0.548. The minimum atomic E-state index is -0.0823. The highest BCUT2D eigenvalue weighted by molar-refractivity contribution is 6.30. The van der Waals surface area contributed by atoms with Gasteiger partial charge in [0, 0.05) is 41.7 Å². The molecule has 0 radical (unpaired) electrons. The maximum atomic E-state index is 13.0. The molecule has 0 atom stereocenters. The van der Waals surface area contributed by atoms with E-state index < -0.39 is 0 Å². The molecule has 0 aliphatic carbocycles. The van der Waals surface area contributed by atoms with Crippen LogP contribution in [0.15, 0.2) is 72.8 Å². The van der Waals surface area contributed by atoms with Crippen molar-refractivity contribution in [3.63, 3.8) is 0 Å². The van der Waals surface area contributed by atoms with E-state index in [2.05, 4.69) is 5.32 Å². The molecule has 1 heterocycles. The Morgan fingerprint density at radius 2 is 1.73 bits per heavy atom. The van der Waals surface area contributed by atoms with E-state index in [4.69, 9.17) is 16.3 Å². The van der Waals surface area contributed by atoms with Crippen molar-refractivity contribution in [2.24, 2.45) is 5.92 Å². The maximum absolute atomic E-state index is 13.0. The summed E-state index contributed by atoms with van der Waals surface area (Å²) in [6, 6.07) is 22.9. The Labute approximate surface area is 199 Å². The molecule has 3 aromatic rings. The zero-order valence-corrected chi connectivity index (χ0v) is 19.3. The smallest absolute Gasteiger partial charge is 0.253 e. The second-order valence-electron chi connectivity index (χ2n) is 8.19. The maximum Gasteiger partial charge on any atom is 0.253 e. The highest BCUT2D eigenvalue weighted by Crippen LogP contribution is 2.30. The summed E-state index contributed by atoms with van der Waals surface area (Å²) in [4.78, 5) is 27.4. The van der Waals surface area contributed by atoms with Crippen molar-refractivity contribution in [3.8, 4) is 16.9 Å². The van der Waals surface area contributed by atoms with Crippen molar-refractivity contribution in [1.82, 2.24) is 10.2 Å². The number of para-hydroxylation sites is 1. The van der Waals surface area contributed by atoms with Gasteiger partial charge in [-0.2, -0.15) is 0 Å². The highest BCUT2D eigenvalue weighted by Gasteiger charge is 2.27. The van der Waals surface area contributed by atoms with Crippen molar-refractivity contribution in [2.75, 3.05) is 20.2 Å². The van der Waals surface area contributed by atoms with Crippen LogP contribution in [0.5, 0.6) is 5.75 Å². The highest BCUT2D eigenvalue weighted by atomic mass is 35.5. The minimum absolute atomic E-state index is 0.000590. The second-order valence-corrected chi connectivity index (χ2v) is 8.63. The minimum Gasteiger partial charge on any atom is -0.496 e. The summed E-state index contributed by atoms with van der Waals surface area (Å²) in [5.41, 5.74) is 3.61. The van der Waals surface area contributed by atoms with E-state index in [9.17, 15) is 9.59 Å². The summed E-state index contributed by atoms with van der Waals surface area (Å²) >= 11 is 6.00. The van der Waals surface area contributed by atoms with Gasteiger partial charge < -0.3 is 15.0 Å². The third-order valence-corrected chi connectivity index (χ3v) is 6.29. The third-order valence-electron chi connectivity index (χ3n) is 6.06. The van der Waals surface area contributed by atoms with Crippen LogP contribution in [-0.2, 0) is 11.3 Å². The molecule has 1 aliphatic rings. The number of hydrogen-bond donors (Lipinski definition) is 1. The van der Waals surface area contributed by atoms with Gasteiger partial charge in [0.15, 0.2) is 0 Å². The number of benzene rings is 3. The lowest BCUT2D eigenvalue weighted by Crippen LogP contribution is -2.42. The van der Waals surface area contributed by atoms with E-state index in [1.165, 1.54) is 0 Å². The molecule has 2 amide bonds. The molecule has 1 aliphatic heterocycles. The summed E-state index contributed by atoms with van der Waals surface area (Å²) in [6.45, 7) is 1.60. The fourth-order valence-corrected chi connectivity index (χ4v) is 4.40. The topological polar surface area (TPSA) is 58.6 Å². The Kier molecular flexibility index (Phi) is 7.30. The van der Waals surface area contributed by atoms with Gasteiger partial charge in [-0.05, 0) is 54.3 Å². The van der Waals surface area contributed by atoms with Crippen LogP contribution in [-0.4, -0.2) is 36.9 Å². The summed E-state index contributed by atoms with van der Waals surface area (Å²) in [6.07, 6.45) is 1.32. The van der Waals surface area contributed by atoms with Gasteiger partial charge >= 0.3 is 0 Å². The van der Waals surface area contributed by atoms with Crippen molar-refractivity contribution in [2.45, 2.75) is 19.4 Å². The van der Waals surface area contributed by atoms with Gasteiger partial charge in [0.05, 0.1) is 7.11 Å². The van der Waals surface area contributed by atoms with Crippen LogP contribution in [0.2, 0.25) is 5.02 Å². The van der Waals surface area contributed by atoms with Gasteiger partial charge in [-0.25, -0.2) is 0 Å². The molecule has 0 bridgehead atoms. The zero-order valence-electron chi connectivity index (χ0n) is 18.6. The van der Waals surface area contributed by atoms with Gasteiger partial charge in [0.1, 0.15) is 5.75 Å². The van der Waals surface area contributed by atoms with Crippen LogP contribution in [0.25, 0.3) is 11.1 Å². The third kappa shape index (κ3) is 5.55. The van der Waals surface area contributed by atoms with E-state index >= 15 is 0 Å². The largest absolute Gasteiger partial charge is 0.496 e. The number of carbonyl (C=O) groups is 2. The number of nitrogens with zero attached hydrogens (tertiary/aromatic N) is 1. The predicted molar refractivity (Wildman–Crippen MR) is 130 cm³/mol. The van der Waals surface area contributed by atoms with Gasteiger partial charge in [-0.15, -0.1) is 0 Å². The van der Waals surface area contributed by atoms with Crippen molar-refractivity contribution >= 4 is 23.4 Å². The van der Waals surface area contributed by atoms with Crippen molar-refractivity contribution in [1.29, 1.82) is 0 Å². The molecule has 0 saturated carbocycles. The summed E-state index contributed by atoms with van der Waals surface area (Å²) < 4.78 is 5.44. The van der Waals surface area contributed by atoms with Crippen molar-refractivity contribution in [3.05, 3.63) is 88.9 Å². The van der Waals surface area contributed by atoms with E-state index in [0.29, 0.717) is 43.1 Å². The van der Waals surface area contributed by atoms with Gasteiger partial charge in [0.2, 0.25) is 5.91 Å². The number of rotatable bonds is 6. The summed E-state index contributed by atoms with van der Waals surface area (Å²) in [7, 11) is 1.65. The van der Waals surface area contributed by atoms with Crippen LogP contribution in [0.1, 0.15) is 28.8 Å². The van der Waals surface area contributed by atoms with Crippen LogP contribution in [0.3, 0.4) is 0 Å². The fraction of sp³-hybridized carbons (Fsp3) is 0.259. The monoisotopic (exact) mass is 462 g/mol. The molecule has 0 spiro atoms. The number of piperidine rings is 1. The van der Waals surface area contributed by atoms with Crippen molar-refractivity contribution < 1.29 is 14.3 Å². The van der Waals surface area contributed by atoms with Crippen LogP contribution in [0.4, 0.5) is 0 Å². The number of methoxy groups -OCH3 is 1. The Bertz CT molecular complexity index is 1120. The Hall–Kier alpha value is -3.31. The first-order valence-electron chi connectivity index (χ1n) is 11.1. The number of likely N-dealkylation sites (tertiary alicyclic amines) is 1. The second kappa shape index (κ2) is 10.5. The molecule has 3 aromatic carbocycles. The Morgan fingerprint density at radius 1 is 1.00 bits per heavy atom. The number of hydrogen-bond acceptors (Lipinski definition) is 3. The van der Waals surface area contributed by atoms with E-state index in [-0.39, 0.29) is 17.7 Å². The molecule has 0 unspecified atom stereocenters. The van der Waals surface area contributed by atoms with Crippen LogP contribution < -0.4 is 10.1 Å². The molecule has 5 nitrogen and oxygen atoms in total. The van der Waals surface area contributed by atoms with Gasteiger partial charge in [0.25, 0.3) is 5.91 Å². The van der Waals surface area contributed by atoms with E-state index in [0.717, 1.165) is 22.4 Å². The Balaban J connectivity index is 1.31.